The van der Waals surface area contributed by atoms with Crippen molar-refractivity contribution >= 4 is 32.7 Å². The van der Waals surface area contributed by atoms with Crippen molar-refractivity contribution < 1.29 is 13.2 Å². The largest absolute Gasteiger partial charge is 0.489 e. The van der Waals surface area contributed by atoms with Crippen LogP contribution in [0.15, 0.2) is 36.8 Å². The minimum Gasteiger partial charge on any atom is -0.489 e. The Morgan fingerprint density at radius 1 is 1.21 bits per heavy atom. The molecule has 1 aliphatic heterocycles. The molecule has 0 radical (unpaired) electrons. The van der Waals surface area contributed by atoms with Gasteiger partial charge in [-0.05, 0) is 42.5 Å². The zero-order valence-electron chi connectivity index (χ0n) is 19.5. The standard InChI is InChI=1S/C23H29N7O3S/c1-15(2)14-33-20-18(17-4-9-24-21-19(17)5-10-25-21)8-13-30-22(20)27-23(28-30)26-16-6-11-29(12-7-16)34(3,31)32/h4-5,8-10,13,15-16H,6-7,11-12,14H2,1-3H3,(H,24,25)(H,26,28). The van der Waals surface area contributed by atoms with E-state index in [1.165, 1.54) is 10.6 Å². The van der Waals surface area contributed by atoms with Crippen molar-refractivity contribution in [3.63, 3.8) is 0 Å². The van der Waals surface area contributed by atoms with Crippen molar-refractivity contribution in [1.29, 1.82) is 0 Å². The number of piperidine rings is 1. The van der Waals surface area contributed by atoms with Crippen molar-refractivity contribution in [2.75, 3.05) is 31.3 Å². The quantitative estimate of drug-likeness (QED) is 0.415. The number of anilines is 1. The highest BCUT2D eigenvalue weighted by molar-refractivity contribution is 7.88. The number of hydrogen-bond acceptors (Lipinski definition) is 7. The molecule has 34 heavy (non-hydrogen) atoms. The van der Waals surface area contributed by atoms with Crippen molar-refractivity contribution in [2.45, 2.75) is 32.7 Å². The second kappa shape index (κ2) is 8.88. The lowest BCUT2D eigenvalue weighted by Crippen LogP contribution is -2.41. The monoisotopic (exact) mass is 483 g/mol. The number of aromatic amines is 1. The molecule has 5 heterocycles. The molecule has 1 saturated heterocycles. The summed E-state index contributed by atoms with van der Waals surface area (Å²) >= 11 is 0. The van der Waals surface area contributed by atoms with Crippen LogP contribution in [-0.2, 0) is 10.0 Å². The Kier molecular flexibility index (Phi) is 5.90. The number of sulfonamides is 1. The number of hydrogen-bond donors (Lipinski definition) is 2. The van der Waals surface area contributed by atoms with E-state index in [9.17, 15) is 8.42 Å². The third-order valence-corrected chi connectivity index (χ3v) is 7.33. The number of nitrogens with zero attached hydrogens (tertiary/aromatic N) is 5. The number of aromatic nitrogens is 5. The van der Waals surface area contributed by atoms with Crippen LogP contribution >= 0.6 is 0 Å². The average Bonchev–Trinajstić information content (AvgIpc) is 3.43. The summed E-state index contributed by atoms with van der Waals surface area (Å²) in [6.07, 6.45) is 8.20. The van der Waals surface area contributed by atoms with Gasteiger partial charge in [0.1, 0.15) is 5.65 Å². The topological polar surface area (TPSA) is 118 Å². The van der Waals surface area contributed by atoms with E-state index >= 15 is 0 Å². The summed E-state index contributed by atoms with van der Waals surface area (Å²) in [7, 11) is -3.16. The van der Waals surface area contributed by atoms with Crippen LogP contribution in [-0.4, -0.2) is 69.3 Å². The van der Waals surface area contributed by atoms with Gasteiger partial charge in [0.2, 0.25) is 16.0 Å². The van der Waals surface area contributed by atoms with Crippen LogP contribution in [0.4, 0.5) is 5.95 Å². The van der Waals surface area contributed by atoms with Crippen LogP contribution < -0.4 is 10.1 Å². The van der Waals surface area contributed by atoms with E-state index in [1.807, 2.05) is 30.6 Å². The Morgan fingerprint density at radius 2 is 2.00 bits per heavy atom. The Labute approximate surface area is 198 Å². The highest BCUT2D eigenvalue weighted by atomic mass is 32.2. The molecule has 0 bridgehead atoms. The molecular weight excluding hydrogens is 454 g/mol. The third kappa shape index (κ3) is 4.45. The fourth-order valence-corrected chi connectivity index (χ4v) is 5.17. The van der Waals surface area contributed by atoms with Gasteiger partial charge in [-0.1, -0.05) is 13.8 Å². The summed E-state index contributed by atoms with van der Waals surface area (Å²) in [5, 5.41) is 9.01. The van der Waals surface area contributed by atoms with Crippen LogP contribution in [0.1, 0.15) is 26.7 Å². The predicted molar refractivity (Wildman–Crippen MR) is 131 cm³/mol. The van der Waals surface area contributed by atoms with Crippen molar-refractivity contribution in [2.24, 2.45) is 5.92 Å². The number of fused-ring (bicyclic) bond motifs is 2. The van der Waals surface area contributed by atoms with Crippen LogP contribution in [0, 0.1) is 5.92 Å². The molecule has 0 saturated carbocycles. The summed E-state index contributed by atoms with van der Waals surface area (Å²) in [6, 6.07) is 6.09. The van der Waals surface area contributed by atoms with E-state index in [4.69, 9.17) is 9.72 Å². The highest BCUT2D eigenvalue weighted by Gasteiger charge is 2.26. The molecule has 1 fully saturated rings. The second-order valence-electron chi connectivity index (χ2n) is 9.15. The maximum absolute atomic E-state index is 11.8. The highest BCUT2D eigenvalue weighted by Crippen LogP contribution is 2.37. The number of rotatable bonds is 7. The summed E-state index contributed by atoms with van der Waals surface area (Å²) in [5.41, 5.74) is 3.39. The molecule has 11 heteroatoms. The van der Waals surface area contributed by atoms with Crippen molar-refractivity contribution in [3.8, 4) is 16.9 Å². The number of ether oxygens (including phenoxy) is 1. The molecule has 4 aromatic rings. The van der Waals surface area contributed by atoms with E-state index in [0.717, 1.165) is 22.2 Å². The first-order chi connectivity index (χ1) is 16.3. The smallest absolute Gasteiger partial charge is 0.243 e. The molecule has 2 N–H and O–H groups in total. The van der Waals surface area contributed by atoms with Gasteiger partial charge in [0.25, 0.3) is 0 Å². The average molecular weight is 484 g/mol. The fraction of sp³-hybridized carbons (Fsp3) is 0.435. The summed E-state index contributed by atoms with van der Waals surface area (Å²) in [5.74, 6) is 1.53. The maximum Gasteiger partial charge on any atom is 0.243 e. The zero-order valence-corrected chi connectivity index (χ0v) is 20.3. The zero-order chi connectivity index (χ0) is 23.9. The SMILES string of the molecule is CC(C)COc1c(-c2ccnc3[nH]ccc23)ccn2nc(NC3CCN(S(C)(=O)=O)CC3)nc12. The molecular formula is C23H29N7O3S. The molecule has 0 unspecified atom stereocenters. The lowest BCUT2D eigenvalue weighted by Gasteiger charge is -2.30. The predicted octanol–water partition coefficient (Wildman–Crippen LogP) is 3.14. The van der Waals surface area contributed by atoms with Crippen LogP contribution in [0.25, 0.3) is 27.8 Å². The van der Waals surface area contributed by atoms with Gasteiger partial charge >= 0.3 is 0 Å². The van der Waals surface area contributed by atoms with E-state index in [0.29, 0.717) is 55.8 Å². The van der Waals surface area contributed by atoms with Crippen LogP contribution in [0.5, 0.6) is 5.75 Å². The van der Waals surface area contributed by atoms with Crippen LogP contribution in [0.2, 0.25) is 0 Å². The molecule has 0 aliphatic carbocycles. The molecule has 180 valence electrons. The minimum absolute atomic E-state index is 0.106. The Morgan fingerprint density at radius 3 is 2.74 bits per heavy atom. The van der Waals surface area contributed by atoms with E-state index in [-0.39, 0.29) is 6.04 Å². The first-order valence-electron chi connectivity index (χ1n) is 11.5. The van der Waals surface area contributed by atoms with E-state index in [1.54, 1.807) is 10.7 Å². The molecule has 0 atom stereocenters. The van der Waals surface area contributed by atoms with Crippen molar-refractivity contribution in [1.82, 2.24) is 28.9 Å². The first kappa shape index (κ1) is 22.6. The Hall–Kier alpha value is -3.18. The third-order valence-electron chi connectivity index (χ3n) is 6.03. The molecule has 4 aromatic heterocycles. The van der Waals surface area contributed by atoms with Gasteiger partial charge in [-0.25, -0.2) is 22.2 Å². The van der Waals surface area contributed by atoms with Gasteiger partial charge in [-0.2, -0.15) is 4.98 Å². The van der Waals surface area contributed by atoms with Gasteiger partial charge < -0.3 is 15.0 Å². The fourth-order valence-electron chi connectivity index (χ4n) is 4.30. The van der Waals surface area contributed by atoms with E-state index in [2.05, 4.69) is 34.2 Å². The minimum atomic E-state index is -3.16. The maximum atomic E-state index is 11.8. The van der Waals surface area contributed by atoms with Gasteiger partial charge in [0.05, 0.1) is 12.9 Å². The normalized spacial score (nSPS) is 16.0. The number of H-pyrrole nitrogens is 1. The van der Waals surface area contributed by atoms with E-state index < -0.39 is 10.0 Å². The van der Waals surface area contributed by atoms with Gasteiger partial charge in [-0.15, -0.1) is 5.10 Å². The molecule has 0 aromatic carbocycles. The summed E-state index contributed by atoms with van der Waals surface area (Å²) in [4.78, 5) is 12.3. The second-order valence-corrected chi connectivity index (χ2v) is 11.1. The van der Waals surface area contributed by atoms with Gasteiger partial charge in [-0.3, -0.25) is 0 Å². The molecule has 5 rings (SSSR count). The van der Waals surface area contributed by atoms with Gasteiger partial charge in [0, 0.05) is 48.7 Å². The van der Waals surface area contributed by atoms with Gasteiger partial charge in [0.15, 0.2) is 11.4 Å². The lowest BCUT2D eigenvalue weighted by atomic mass is 10.0. The number of nitrogens with one attached hydrogen (secondary N) is 2. The molecule has 0 amide bonds. The number of pyridine rings is 2. The lowest BCUT2D eigenvalue weighted by molar-refractivity contribution is 0.273. The Balaban J connectivity index is 1.48. The van der Waals surface area contributed by atoms with Crippen molar-refractivity contribution in [3.05, 3.63) is 36.8 Å². The molecule has 0 spiro atoms. The molecule has 1 aliphatic rings. The summed E-state index contributed by atoms with van der Waals surface area (Å²) in [6.45, 7) is 5.75. The molecule has 10 nitrogen and oxygen atoms in total. The Bertz CT molecular complexity index is 1420. The summed E-state index contributed by atoms with van der Waals surface area (Å²) < 4.78 is 33.1. The first-order valence-corrected chi connectivity index (χ1v) is 13.3. The van der Waals surface area contributed by atoms with Crippen LogP contribution in [0.3, 0.4) is 0 Å².